The van der Waals surface area contributed by atoms with Crippen LogP contribution in [0.3, 0.4) is 0 Å². The minimum atomic E-state index is -0.230. The summed E-state index contributed by atoms with van der Waals surface area (Å²) in [5.41, 5.74) is 1.02. The van der Waals surface area contributed by atoms with Gasteiger partial charge in [-0.25, -0.2) is 4.98 Å². The molecule has 1 heterocycles. The lowest BCUT2D eigenvalue weighted by atomic mass is 10.2. The van der Waals surface area contributed by atoms with Gasteiger partial charge in [-0.15, -0.1) is 0 Å². The third-order valence-electron chi connectivity index (χ3n) is 4.41. The first-order chi connectivity index (χ1) is 14.0. The molecule has 6 nitrogen and oxygen atoms in total. The van der Waals surface area contributed by atoms with Crippen molar-refractivity contribution in [3.05, 3.63) is 61.6 Å². The Morgan fingerprint density at radius 2 is 2.03 bits per heavy atom. The quantitative estimate of drug-likeness (QED) is 0.446. The molecule has 2 aromatic carbocycles. The van der Waals surface area contributed by atoms with E-state index in [-0.39, 0.29) is 5.56 Å². The predicted octanol–water partition coefficient (Wildman–Crippen LogP) is 5.05. The van der Waals surface area contributed by atoms with Gasteiger partial charge in [0.2, 0.25) is 0 Å². The lowest BCUT2D eigenvalue weighted by molar-refractivity contribution is 0.354. The van der Waals surface area contributed by atoms with E-state index in [4.69, 9.17) is 21.1 Å². The Morgan fingerprint density at radius 1 is 1.24 bits per heavy atom. The van der Waals surface area contributed by atoms with Crippen molar-refractivity contribution in [2.45, 2.75) is 26.2 Å². The van der Waals surface area contributed by atoms with E-state index >= 15 is 0 Å². The second-order valence-corrected chi connectivity index (χ2v) is 7.74. The summed E-state index contributed by atoms with van der Waals surface area (Å²) in [6.45, 7) is 2.09. The molecule has 0 amide bonds. The van der Waals surface area contributed by atoms with Gasteiger partial charge in [-0.05, 0) is 30.7 Å². The number of benzene rings is 2. The summed E-state index contributed by atoms with van der Waals surface area (Å²) in [7, 11) is 3.07. The number of aryl methyl sites for hydroxylation is 1. The SMILES string of the molecule is CCCCc1nc2ccc(Br)cc2c(=O)n1N=Cc1cc(Cl)cc(OC)c1OC. The van der Waals surface area contributed by atoms with E-state index in [1.54, 1.807) is 18.2 Å². The van der Waals surface area contributed by atoms with Crippen molar-refractivity contribution in [2.75, 3.05) is 14.2 Å². The van der Waals surface area contributed by atoms with Crippen molar-refractivity contribution in [3.8, 4) is 11.5 Å². The average molecular weight is 479 g/mol. The maximum atomic E-state index is 13.1. The van der Waals surface area contributed by atoms with E-state index in [0.29, 0.717) is 45.2 Å². The molecule has 0 atom stereocenters. The van der Waals surface area contributed by atoms with Gasteiger partial charge in [0, 0.05) is 27.5 Å². The van der Waals surface area contributed by atoms with Gasteiger partial charge >= 0.3 is 0 Å². The van der Waals surface area contributed by atoms with Crippen LogP contribution in [-0.4, -0.2) is 30.1 Å². The number of aromatic nitrogens is 2. The molecule has 0 unspecified atom stereocenters. The fourth-order valence-corrected chi connectivity index (χ4v) is 3.56. The highest BCUT2D eigenvalue weighted by atomic mass is 79.9. The van der Waals surface area contributed by atoms with E-state index in [2.05, 4.69) is 32.9 Å². The Labute approximate surface area is 182 Å². The van der Waals surface area contributed by atoms with Crippen molar-refractivity contribution >= 4 is 44.6 Å². The zero-order valence-electron chi connectivity index (χ0n) is 16.4. The molecule has 3 aromatic rings. The van der Waals surface area contributed by atoms with Crippen LogP contribution in [0, 0.1) is 0 Å². The van der Waals surface area contributed by atoms with Crippen molar-refractivity contribution in [2.24, 2.45) is 5.10 Å². The molecular formula is C21H21BrClN3O3. The normalized spacial score (nSPS) is 11.3. The van der Waals surface area contributed by atoms with E-state index in [1.165, 1.54) is 25.1 Å². The first-order valence-electron chi connectivity index (χ1n) is 9.15. The molecule has 3 rings (SSSR count). The van der Waals surface area contributed by atoms with E-state index in [0.717, 1.165) is 17.3 Å². The summed E-state index contributed by atoms with van der Waals surface area (Å²) in [6.07, 6.45) is 4.07. The van der Waals surface area contributed by atoms with Gasteiger partial charge in [0.1, 0.15) is 5.82 Å². The number of rotatable bonds is 7. The van der Waals surface area contributed by atoms with Crippen molar-refractivity contribution in [1.82, 2.24) is 9.66 Å². The maximum absolute atomic E-state index is 13.1. The molecule has 0 aliphatic heterocycles. The number of methoxy groups -OCH3 is 2. The molecule has 0 radical (unpaired) electrons. The molecule has 0 N–H and O–H groups in total. The lowest BCUT2D eigenvalue weighted by Gasteiger charge is -2.12. The number of halogens is 2. The van der Waals surface area contributed by atoms with E-state index < -0.39 is 0 Å². The molecule has 0 spiro atoms. The molecule has 8 heteroatoms. The van der Waals surface area contributed by atoms with Crippen LogP contribution < -0.4 is 15.0 Å². The Balaban J connectivity index is 2.17. The number of nitrogens with zero attached hydrogens (tertiary/aromatic N) is 3. The van der Waals surface area contributed by atoms with E-state index in [9.17, 15) is 4.79 Å². The number of fused-ring (bicyclic) bond motifs is 1. The predicted molar refractivity (Wildman–Crippen MR) is 120 cm³/mol. The second-order valence-electron chi connectivity index (χ2n) is 6.39. The minimum absolute atomic E-state index is 0.230. The van der Waals surface area contributed by atoms with Gasteiger partial charge in [0.25, 0.3) is 5.56 Å². The third kappa shape index (κ3) is 4.62. The second kappa shape index (κ2) is 9.41. The van der Waals surface area contributed by atoms with Gasteiger partial charge in [-0.3, -0.25) is 4.79 Å². The van der Waals surface area contributed by atoms with Gasteiger partial charge in [-0.2, -0.15) is 9.78 Å². The number of hydrogen-bond acceptors (Lipinski definition) is 5. The fourth-order valence-electron chi connectivity index (χ4n) is 2.99. The molecule has 0 bridgehead atoms. The van der Waals surface area contributed by atoms with Crippen LogP contribution in [0.5, 0.6) is 11.5 Å². The molecular weight excluding hydrogens is 458 g/mol. The van der Waals surface area contributed by atoms with Crippen molar-refractivity contribution in [1.29, 1.82) is 0 Å². The Morgan fingerprint density at radius 3 is 2.72 bits per heavy atom. The largest absolute Gasteiger partial charge is 0.493 e. The molecule has 0 aliphatic carbocycles. The molecule has 0 saturated heterocycles. The number of ether oxygens (including phenoxy) is 2. The first-order valence-corrected chi connectivity index (χ1v) is 10.3. The Hall–Kier alpha value is -2.38. The molecule has 0 fully saturated rings. The third-order valence-corrected chi connectivity index (χ3v) is 5.13. The molecule has 0 aliphatic rings. The summed E-state index contributed by atoms with van der Waals surface area (Å²) in [6, 6.07) is 8.81. The standard InChI is InChI=1S/C21H21BrClN3O3/c1-4-5-6-19-25-17-8-7-14(22)10-16(17)21(27)26(19)24-12-13-9-15(23)11-18(28-2)20(13)29-3/h7-12H,4-6H2,1-3H3. The molecule has 152 valence electrons. The van der Waals surface area contributed by atoms with Crippen molar-refractivity contribution < 1.29 is 9.47 Å². The molecule has 1 aromatic heterocycles. The first kappa shape index (κ1) is 21.3. The minimum Gasteiger partial charge on any atom is -0.493 e. The zero-order valence-corrected chi connectivity index (χ0v) is 18.7. The van der Waals surface area contributed by atoms with Crippen LogP contribution in [0.1, 0.15) is 31.2 Å². The Bertz CT molecular complexity index is 1130. The maximum Gasteiger partial charge on any atom is 0.282 e. The van der Waals surface area contributed by atoms with Crippen LogP contribution in [0.15, 0.2) is 44.7 Å². The zero-order chi connectivity index (χ0) is 21.0. The number of unbranched alkanes of at least 4 members (excludes halogenated alkanes) is 1. The van der Waals surface area contributed by atoms with Gasteiger partial charge in [0.05, 0.1) is 31.3 Å². The van der Waals surface area contributed by atoms with Crippen molar-refractivity contribution in [3.63, 3.8) is 0 Å². The fraction of sp³-hybridized carbons (Fsp3) is 0.286. The number of hydrogen-bond donors (Lipinski definition) is 0. The van der Waals surface area contributed by atoms with Crippen LogP contribution in [0.4, 0.5) is 0 Å². The highest BCUT2D eigenvalue weighted by Gasteiger charge is 2.13. The highest BCUT2D eigenvalue weighted by molar-refractivity contribution is 9.10. The summed E-state index contributed by atoms with van der Waals surface area (Å²) < 4.78 is 12.9. The van der Waals surface area contributed by atoms with Gasteiger partial charge in [0.15, 0.2) is 11.5 Å². The molecule has 29 heavy (non-hydrogen) atoms. The van der Waals surface area contributed by atoms with E-state index in [1.807, 2.05) is 12.1 Å². The van der Waals surface area contributed by atoms with Crippen LogP contribution in [-0.2, 0) is 6.42 Å². The van der Waals surface area contributed by atoms with Crippen LogP contribution >= 0.6 is 27.5 Å². The summed E-state index contributed by atoms with van der Waals surface area (Å²) >= 11 is 9.59. The van der Waals surface area contributed by atoms with Crippen LogP contribution in [0.2, 0.25) is 5.02 Å². The lowest BCUT2D eigenvalue weighted by Crippen LogP contribution is -2.22. The Kier molecular flexibility index (Phi) is 6.92. The van der Waals surface area contributed by atoms with Gasteiger partial charge in [-0.1, -0.05) is 40.9 Å². The van der Waals surface area contributed by atoms with Gasteiger partial charge < -0.3 is 9.47 Å². The monoisotopic (exact) mass is 477 g/mol. The topological polar surface area (TPSA) is 65.7 Å². The smallest absolute Gasteiger partial charge is 0.282 e. The summed E-state index contributed by atoms with van der Waals surface area (Å²) in [4.78, 5) is 17.8. The average Bonchev–Trinajstić information content (AvgIpc) is 2.71. The highest BCUT2D eigenvalue weighted by Crippen LogP contribution is 2.33. The summed E-state index contributed by atoms with van der Waals surface area (Å²) in [5.74, 6) is 1.58. The van der Waals surface area contributed by atoms with Crippen LogP contribution in [0.25, 0.3) is 10.9 Å². The molecule has 0 saturated carbocycles. The summed E-state index contributed by atoms with van der Waals surface area (Å²) in [5, 5.41) is 5.41.